The minimum atomic E-state index is -2.78. The van der Waals surface area contributed by atoms with Crippen molar-refractivity contribution in [3.05, 3.63) is 0 Å². The van der Waals surface area contributed by atoms with Gasteiger partial charge in [-0.05, 0) is 26.7 Å². The molecule has 1 aliphatic carbocycles. The highest BCUT2D eigenvalue weighted by Crippen LogP contribution is 2.35. The number of alkyl halides is 2. The molecule has 0 saturated heterocycles. The van der Waals surface area contributed by atoms with Crippen LogP contribution in [0.15, 0.2) is 0 Å². The molecule has 0 aromatic rings. The van der Waals surface area contributed by atoms with Gasteiger partial charge in [-0.1, -0.05) is 0 Å². The summed E-state index contributed by atoms with van der Waals surface area (Å²) in [5, 5.41) is 2.30. The number of amides is 1. The summed E-state index contributed by atoms with van der Waals surface area (Å²) in [5.74, 6) is -3.30. The van der Waals surface area contributed by atoms with Crippen LogP contribution in [0.4, 0.5) is 8.78 Å². The van der Waals surface area contributed by atoms with Gasteiger partial charge in [0.1, 0.15) is 0 Å². The Balaban J connectivity index is 2.57. The Labute approximate surface area is 82.0 Å². The van der Waals surface area contributed by atoms with Crippen LogP contribution < -0.4 is 11.1 Å². The van der Waals surface area contributed by atoms with Gasteiger partial charge >= 0.3 is 0 Å². The van der Waals surface area contributed by atoms with Gasteiger partial charge < -0.3 is 11.1 Å². The first-order valence-corrected chi connectivity index (χ1v) is 4.71. The summed E-state index contributed by atoms with van der Waals surface area (Å²) in [4.78, 5) is 11.3. The van der Waals surface area contributed by atoms with E-state index in [4.69, 9.17) is 5.73 Å². The maximum atomic E-state index is 13.1. The molecular weight excluding hydrogens is 190 g/mol. The number of halogens is 2. The van der Waals surface area contributed by atoms with Gasteiger partial charge in [-0.25, -0.2) is 8.78 Å². The van der Waals surface area contributed by atoms with Crippen LogP contribution in [-0.4, -0.2) is 23.4 Å². The molecule has 1 amide bonds. The van der Waals surface area contributed by atoms with Gasteiger partial charge in [-0.15, -0.1) is 0 Å². The molecule has 0 spiro atoms. The van der Waals surface area contributed by atoms with Crippen molar-refractivity contribution in [2.75, 3.05) is 0 Å². The summed E-state index contributed by atoms with van der Waals surface area (Å²) in [6.07, 6.45) is 0.626. The van der Waals surface area contributed by atoms with E-state index in [-0.39, 0.29) is 6.42 Å². The smallest absolute Gasteiger partial charge is 0.267 e. The summed E-state index contributed by atoms with van der Waals surface area (Å²) >= 11 is 0. The molecule has 82 valence electrons. The Morgan fingerprint density at radius 2 is 2.14 bits per heavy atom. The van der Waals surface area contributed by atoms with Crippen molar-refractivity contribution in [1.29, 1.82) is 0 Å². The van der Waals surface area contributed by atoms with E-state index in [1.165, 1.54) is 13.8 Å². The molecule has 1 aliphatic rings. The minimum Gasteiger partial charge on any atom is -0.346 e. The molecule has 0 aromatic heterocycles. The second-order valence-electron chi connectivity index (χ2n) is 4.40. The van der Waals surface area contributed by atoms with Crippen LogP contribution in [0.1, 0.15) is 33.1 Å². The molecule has 0 aromatic carbocycles. The predicted molar refractivity (Wildman–Crippen MR) is 49.0 cm³/mol. The Morgan fingerprint density at radius 3 is 2.50 bits per heavy atom. The first-order chi connectivity index (χ1) is 6.23. The SMILES string of the molecule is CC(C)(N)C(=O)NC1CCCC1(F)F. The van der Waals surface area contributed by atoms with Crippen LogP contribution in [0.2, 0.25) is 0 Å². The molecule has 0 radical (unpaired) electrons. The van der Waals surface area contributed by atoms with E-state index in [1.807, 2.05) is 0 Å². The average Bonchev–Trinajstić information content (AvgIpc) is 2.29. The highest BCUT2D eigenvalue weighted by Gasteiger charge is 2.45. The summed E-state index contributed by atoms with van der Waals surface area (Å²) in [7, 11) is 0. The monoisotopic (exact) mass is 206 g/mol. The topological polar surface area (TPSA) is 55.1 Å². The number of carbonyl (C=O) groups excluding carboxylic acids is 1. The first-order valence-electron chi connectivity index (χ1n) is 4.71. The van der Waals surface area contributed by atoms with E-state index < -0.39 is 23.4 Å². The van der Waals surface area contributed by atoms with Gasteiger partial charge in [0.15, 0.2) is 0 Å². The zero-order valence-electron chi connectivity index (χ0n) is 8.44. The fourth-order valence-electron chi connectivity index (χ4n) is 1.45. The normalized spacial score (nSPS) is 26.2. The first kappa shape index (κ1) is 11.4. The molecule has 0 heterocycles. The van der Waals surface area contributed by atoms with E-state index in [2.05, 4.69) is 5.32 Å². The Bertz CT molecular complexity index is 235. The van der Waals surface area contributed by atoms with Gasteiger partial charge in [0, 0.05) is 6.42 Å². The number of nitrogens with two attached hydrogens (primary N) is 1. The predicted octanol–water partition coefficient (Wildman–Crippen LogP) is 1.03. The molecule has 1 unspecified atom stereocenters. The third-order valence-corrected chi connectivity index (χ3v) is 2.40. The maximum absolute atomic E-state index is 13.1. The summed E-state index contributed by atoms with van der Waals surface area (Å²) < 4.78 is 26.2. The highest BCUT2D eigenvalue weighted by atomic mass is 19.3. The van der Waals surface area contributed by atoms with Gasteiger partial charge in [0.25, 0.3) is 5.92 Å². The van der Waals surface area contributed by atoms with Crippen LogP contribution >= 0.6 is 0 Å². The molecule has 1 atom stereocenters. The molecule has 1 saturated carbocycles. The molecule has 5 heteroatoms. The Kier molecular flexibility index (Phi) is 2.81. The second kappa shape index (κ2) is 3.46. The van der Waals surface area contributed by atoms with Crippen molar-refractivity contribution in [1.82, 2.24) is 5.32 Å². The molecule has 1 rings (SSSR count). The van der Waals surface area contributed by atoms with Gasteiger partial charge in [0.2, 0.25) is 5.91 Å². The molecular formula is C9H16F2N2O. The molecule has 14 heavy (non-hydrogen) atoms. The van der Waals surface area contributed by atoms with Crippen molar-refractivity contribution >= 4 is 5.91 Å². The fraction of sp³-hybridized carbons (Fsp3) is 0.889. The van der Waals surface area contributed by atoms with E-state index in [9.17, 15) is 13.6 Å². The van der Waals surface area contributed by atoms with Crippen molar-refractivity contribution < 1.29 is 13.6 Å². The van der Waals surface area contributed by atoms with E-state index in [1.54, 1.807) is 0 Å². The summed E-state index contributed by atoms with van der Waals surface area (Å²) in [6.45, 7) is 2.99. The number of carbonyl (C=O) groups is 1. The lowest BCUT2D eigenvalue weighted by atomic mass is 10.1. The zero-order chi connectivity index (χ0) is 11.0. The van der Waals surface area contributed by atoms with E-state index in [0.29, 0.717) is 12.8 Å². The standard InChI is InChI=1S/C9H16F2N2O/c1-8(2,12)7(14)13-6-4-3-5-9(6,10)11/h6H,3-5,12H2,1-2H3,(H,13,14). The quantitative estimate of drug-likeness (QED) is 0.709. The molecule has 0 aliphatic heterocycles. The minimum absolute atomic E-state index is 0.150. The van der Waals surface area contributed by atoms with E-state index in [0.717, 1.165) is 0 Å². The van der Waals surface area contributed by atoms with E-state index >= 15 is 0 Å². The van der Waals surface area contributed by atoms with Gasteiger partial charge in [-0.3, -0.25) is 4.79 Å². The summed E-state index contributed by atoms with van der Waals surface area (Å²) in [5.41, 5.74) is 4.39. The summed E-state index contributed by atoms with van der Waals surface area (Å²) in [6, 6.07) is -1.04. The lowest BCUT2D eigenvalue weighted by Crippen LogP contribution is -2.55. The number of rotatable bonds is 2. The molecule has 1 fully saturated rings. The third-order valence-electron chi connectivity index (χ3n) is 2.40. The Morgan fingerprint density at radius 1 is 1.57 bits per heavy atom. The highest BCUT2D eigenvalue weighted by molar-refractivity contribution is 5.85. The van der Waals surface area contributed by atoms with Crippen LogP contribution in [-0.2, 0) is 4.79 Å². The van der Waals surface area contributed by atoms with Crippen molar-refractivity contribution in [2.24, 2.45) is 5.73 Å². The molecule has 3 nitrogen and oxygen atoms in total. The fourth-order valence-corrected chi connectivity index (χ4v) is 1.45. The second-order valence-corrected chi connectivity index (χ2v) is 4.40. The van der Waals surface area contributed by atoms with Crippen LogP contribution in [0.25, 0.3) is 0 Å². The average molecular weight is 206 g/mol. The largest absolute Gasteiger partial charge is 0.346 e. The van der Waals surface area contributed by atoms with Gasteiger partial charge in [0.05, 0.1) is 11.6 Å². The number of hydrogen-bond donors (Lipinski definition) is 2. The zero-order valence-corrected chi connectivity index (χ0v) is 8.44. The van der Waals surface area contributed by atoms with Crippen molar-refractivity contribution in [3.8, 4) is 0 Å². The molecule has 3 N–H and O–H groups in total. The Hall–Kier alpha value is -0.710. The third kappa shape index (κ3) is 2.41. The van der Waals surface area contributed by atoms with Crippen LogP contribution in [0.5, 0.6) is 0 Å². The lowest BCUT2D eigenvalue weighted by Gasteiger charge is -2.25. The van der Waals surface area contributed by atoms with Gasteiger partial charge in [-0.2, -0.15) is 0 Å². The lowest BCUT2D eigenvalue weighted by molar-refractivity contribution is -0.128. The molecule has 0 bridgehead atoms. The van der Waals surface area contributed by atoms with Crippen molar-refractivity contribution in [3.63, 3.8) is 0 Å². The van der Waals surface area contributed by atoms with Crippen LogP contribution in [0, 0.1) is 0 Å². The van der Waals surface area contributed by atoms with Crippen molar-refractivity contribution in [2.45, 2.75) is 50.6 Å². The number of nitrogens with one attached hydrogen (secondary N) is 1. The van der Waals surface area contributed by atoms with Crippen LogP contribution in [0.3, 0.4) is 0 Å². The number of hydrogen-bond acceptors (Lipinski definition) is 2. The maximum Gasteiger partial charge on any atom is 0.267 e.